The van der Waals surface area contributed by atoms with Crippen molar-refractivity contribution in [3.05, 3.63) is 0 Å². The zero-order chi connectivity index (χ0) is 15.0. The second kappa shape index (κ2) is 8.59. The average molecular weight is 306 g/mol. The van der Waals surface area contributed by atoms with E-state index in [0.717, 1.165) is 0 Å². The summed E-state index contributed by atoms with van der Waals surface area (Å²) < 4.78 is 31.3. The maximum Gasteiger partial charge on any atom is 0.237 e. The number of nitrogens with one attached hydrogen (secondary N) is 2. The lowest BCUT2D eigenvalue weighted by Crippen LogP contribution is -2.45. The Kier molecular flexibility index (Phi) is 7.47. The van der Waals surface area contributed by atoms with Gasteiger partial charge in [-0.05, 0) is 32.6 Å². The van der Waals surface area contributed by atoms with Crippen molar-refractivity contribution >= 4 is 15.9 Å². The number of sulfonamides is 1. The molecule has 0 bridgehead atoms. The first-order chi connectivity index (χ1) is 9.44. The molecule has 0 radical (unpaired) electrons. The molecule has 1 fully saturated rings. The highest BCUT2D eigenvalue weighted by Crippen LogP contribution is 2.24. The summed E-state index contributed by atoms with van der Waals surface area (Å²) in [5.74, 6) is 0.159. The molecule has 7 heteroatoms. The van der Waals surface area contributed by atoms with Gasteiger partial charge in [0.05, 0.1) is 18.4 Å². The van der Waals surface area contributed by atoms with Gasteiger partial charge in [-0.25, -0.2) is 13.1 Å². The Labute approximate surface area is 121 Å². The zero-order valence-electron chi connectivity index (χ0n) is 12.4. The minimum atomic E-state index is -3.48. The summed E-state index contributed by atoms with van der Waals surface area (Å²) in [5, 5.41) is 2.58. The quantitative estimate of drug-likeness (QED) is 0.612. The molecule has 6 nitrogen and oxygen atoms in total. The van der Waals surface area contributed by atoms with Gasteiger partial charge in [0.25, 0.3) is 0 Å². The molecule has 20 heavy (non-hydrogen) atoms. The molecule has 2 N–H and O–H groups in total. The van der Waals surface area contributed by atoms with E-state index in [0.29, 0.717) is 19.1 Å². The molecule has 0 aliphatic heterocycles. The zero-order valence-corrected chi connectivity index (χ0v) is 13.2. The highest BCUT2D eigenvalue weighted by molar-refractivity contribution is 7.89. The largest absolute Gasteiger partial charge is 0.380 e. The van der Waals surface area contributed by atoms with Gasteiger partial charge in [-0.3, -0.25) is 4.79 Å². The Bertz CT molecular complexity index is 391. The number of likely N-dealkylation sites (N-methyl/N-ethyl adjacent to an activating group) is 1. The van der Waals surface area contributed by atoms with Crippen LogP contribution in [0.25, 0.3) is 0 Å². The first-order valence-electron chi connectivity index (χ1n) is 7.30. The molecule has 1 aliphatic carbocycles. The fraction of sp³-hybridized carbons (Fsp3) is 0.923. The van der Waals surface area contributed by atoms with Crippen LogP contribution < -0.4 is 10.0 Å². The predicted molar refractivity (Wildman–Crippen MR) is 77.8 cm³/mol. The summed E-state index contributed by atoms with van der Waals surface area (Å²) in [7, 11) is -3.48. The number of amides is 1. The van der Waals surface area contributed by atoms with Crippen LogP contribution in [0.3, 0.4) is 0 Å². The summed E-state index contributed by atoms with van der Waals surface area (Å²) in [4.78, 5) is 11.5. The van der Waals surface area contributed by atoms with E-state index in [9.17, 15) is 13.2 Å². The molecule has 1 aliphatic rings. The average Bonchev–Trinajstić information content (AvgIpc) is 2.87. The molecule has 0 aromatic rings. The summed E-state index contributed by atoms with van der Waals surface area (Å²) in [6.45, 7) is 4.61. The Hall–Kier alpha value is -0.660. The van der Waals surface area contributed by atoms with Crippen LogP contribution in [-0.4, -0.2) is 45.9 Å². The van der Waals surface area contributed by atoms with Crippen molar-refractivity contribution in [3.63, 3.8) is 0 Å². The third-order valence-corrected chi connectivity index (χ3v) is 4.84. The normalized spacial score (nSPS) is 18.1. The monoisotopic (exact) mass is 306 g/mol. The second-order valence-corrected chi connectivity index (χ2v) is 7.15. The van der Waals surface area contributed by atoms with Gasteiger partial charge < -0.3 is 10.1 Å². The molecule has 0 saturated heterocycles. The molecule has 1 amide bonds. The van der Waals surface area contributed by atoms with Crippen LogP contribution >= 0.6 is 0 Å². The lowest BCUT2D eigenvalue weighted by atomic mass is 10.1. The SMILES string of the molecule is CCNC(=O)[C@H](C)NS(=O)(=O)CCOCC1CCCC1. The van der Waals surface area contributed by atoms with E-state index in [4.69, 9.17) is 4.74 Å². The number of ether oxygens (including phenoxy) is 1. The molecule has 1 atom stereocenters. The molecule has 0 heterocycles. The van der Waals surface area contributed by atoms with E-state index < -0.39 is 16.1 Å². The van der Waals surface area contributed by atoms with Crippen molar-refractivity contribution in [2.75, 3.05) is 25.5 Å². The maximum absolute atomic E-state index is 11.8. The summed E-state index contributed by atoms with van der Waals surface area (Å²) in [6, 6.07) is -0.755. The fourth-order valence-corrected chi connectivity index (χ4v) is 3.41. The van der Waals surface area contributed by atoms with E-state index >= 15 is 0 Å². The van der Waals surface area contributed by atoms with Crippen molar-refractivity contribution < 1.29 is 17.9 Å². The highest BCUT2D eigenvalue weighted by Gasteiger charge is 2.20. The number of hydrogen-bond acceptors (Lipinski definition) is 4. The molecule has 0 aromatic heterocycles. The van der Waals surface area contributed by atoms with E-state index in [1.54, 1.807) is 6.92 Å². The van der Waals surface area contributed by atoms with Crippen LogP contribution in [0.15, 0.2) is 0 Å². The van der Waals surface area contributed by atoms with Crippen LogP contribution in [0.4, 0.5) is 0 Å². The van der Waals surface area contributed by atoms with E-state index in [1.165, 1.54) is 32.6 Å². The second-order valence-electron chi connectivity index (χ2n) is 5.28. The predicted octanol–water partition coefficient (Wildman–Crippen LogP) is 0.637. The highest BCUT2D eigenvalue weighted by atomic mass is 32.2. The standard InChI is InChI=1S/C13H26N2O4S/c1-3-14-13(16)11(2)15-20(17,18)9-8-19-10-12-6-4-5-7-12/h11-12,15H,3-10H2,1-2H3,(H,14,16)/t11-/m0/s1. The van der Waals surface area contributed by atoms with Gasteiger partial charge in [-0.2, -0.15) is 0 Å². The first kappa shape index (κ1) is 17.4. The summed E-state index contributed by atoms with van der Waals surface area (Å²) >= 11 is 0. The van der Waals surface area contributed by atoms with Gasteiger partial charge >= 0.3 is 0 Å². The van der Waals surface area contributed by atoms with Crippen molar-refractivity contribution in [2.24, 2.45) is 5.92 Å². The minimum absolute atomic E-state index is 0.108. The van der Waals surface area contributed by atoms with Crippen LogP contribution in [0.5, 0.6) is 0 Å². The topological polar surface area (TPSA) is 84.5 Å². The van der Waals surface area contributed by atoms with Gasteiger partial charge in [0, 0.05) is 13.2 Å². The molecular weight excluding hydrogens is 280 g/mol. The molecule has 0 aromatic carbocycles. The van der Waals surface area contributed by atoms with Gasteiger partial charge in [0.1, 0.15) is 0 Å². The molecular formula is C13H26N2O4S. The number of hydrogen-bond donors (Lipinski definition) is 2. The third-order valence-electron chi connectivity index (χ3n) is 3.43. The van der Waals surface area contributed by atoms with E-state index in [1.807, 2.05) is 0 Å². The summed E-state index contributed by atoms with van der Waals surface area (Å²) in [5.41, 5.74) is 0. The number of carbonyl (C=O) groups excluding carboxylic acids is 1. The lowest BCUT2D eigenvalue weighted by Gasteiger charge is -2.14. The van der Waals surface area contributed by atoms with Crippen molar-refractivity contribution in [2.45, 2.75) is 45.6 Å². The minimum Gasteiger partial charge on any atom is -0.380 e. The number of rotatable bonds is 9. The summed E-state index contributed by atoms with van der Waals surface area (Å²) in [6.07, 6.45) is 4.86. The van der Waals surface area contributed by atoms with Gasteiger partial charge in [0.15, 0.2) is 0 Å². The molecule has 0 spiro atoms. The van der Waals surface area contributed by atoms with Gasteiger partial charge in [0.2, 0.25) is 15.9 Å². The van der Waals surface area contributed by atoms with E-state index in [2.05, 4.69) is 10.0 Å². The number of carbonyl (C=O) groups is 1. The van der Waals surface area contributed by atoms with Crippen molar-refractivity contribution in [1.82, 2.24) is 10.0 Å². The van der Waals surface area contributed by atoms with Crippen LogP contribution in [0.2, 0.25) is 0 Å². The molecule has 118 valence electrons. The molecule has 1 saturated carbocycles. The van der Waals surface area contributed by atoms with Gasteiger partial charge in [-0.15, -0.1) is 0 Å². The van der Waals surface area contributed by atoms with E-state index in [-0.39, 0.29) is 18.3 Å². The smallest absolute Gasteiger partial charge is 0.237 e. The Morgan fingerprint density at radius 2 is 2.00 bits per heavy atom. The maximum atomic E-state index is 11.8. The lowest BCUT2D eigenvalue weighted by molar-refractivity contribution is -0.122. The molecule has 1 rings (SSSR count). The Morgan fingerprint density at radius 3 is 2.60 bits per heavy atom. The van der Waals surface area contributed by atoms with Crippen LogP contribution in [0, 0.1) is 5.92 Å². The Morgan fingerprint density at radius 1 is 1.35 bits per heavy atom. The van der Waals surface area contributed by atoms with Crippen molar-refractivity contribution in [1.29, 1.82) is 0 Å². The molecule has 0 unspecified atom stereocenters. The third kappa shape index (κ3) is 6.67. The van der Waals surface area contributed by atoms with Crippen LogP contribution in [0.1, 0.15) is 39.5 Å². The fourth-order valence-electron chi connectivity index (χ4n) is 2.30. The van der Waals surface area contributed by atoms with Crippen LogP contribution in [-0.2, 0) is 19.6 Å². The first-order valence-corrected chi connectivity index (χ1v) is 8.95. The Balaban J connectivity index is 2.21. The van der Waals surface area contributed by atoms with Gasteiger partial charge in [-0.1, -0.05) is 12.8 Å². The van der Waals surface area contributed by atoms with Crippen molar-refractivity contribution in [3.8, 4) is 0 Å².